The van der Waals surface area contributed by atoms with Crippen LogP contribution in [-0.2, 0) is 4.74 Å². The molecule has 7 heteroatoms. The number of pyridine rings is 1. The van der Waals surface area contributed by atoms with Crippen molar-refractivity contribution < 1.29 is 19.4 Å². The van der Waals surface area contributed by atoms with Crippen molar-refractivity contribution in [2.45, 2.75) is 33.3 Å². The van der Waals surface area contributed by atoms with E-state index in [-0.39, 0.29) is 16.4 Å². The molecule has 1 heterocycles. The molecule has 1 rings (SSSR count). The third-order valence-corrected chi connectivity index (χ3v) is 2.53. The molecule has 1 amide bonds. The largest absolute Gasteiger partial charge is 0.478 e. The summed E-state index contributed by atoms with van der Waals surface area (Å²) in [7, 11) is 0. The van der Waals surface area contributed by atoms with Crippen molar-refractivity contribution in [2.75, 3.05) is 11.4 Å². The molecule has 0 aliphatic rings. The molecule has 0 unspecified atom stereocenters. The van der Waals surface area contributed by atoms with E-state index in [2.05, 4.69) is 4.98 Å². The molecule has 0 saturated carbocycles. The fraction of sp³-hybridized carbons (Fsp3) is 0.462. The van der Waals surface area contributed by atoms with Crippen LogP contribution in [0, 0.1) is 0 Å². The van der Waals surface area contributed by atoms with E-state index >= 15 is 0 Å². The Morgan fingerprint density at radius 1 is 1.45 bits per heavy atom. The molecule has 0 bridgehead atoms. The molecule has 0 spiro atoms. The highest BCUT2D eigenvalue weighted by Gasteiger charge is 2.25. The SMILES string of the molecule is CCN(C(=O)OC(C)(C)C)c1ncc(C(=O)O)cc1Cl. The smallest absolute Gasteiger partial charge is 0.416 e. The molecule has 1 aromatic rings. The Balaban J connectivity index is 3.07. The first-order valence-corrected chi connectivity index (χ1v) is 6.43. The van der Waals surface area contributed by atoms with Crippen LogP contribution in [0.3, 0.4) is 0 Å². The lowest BCUT2D eigenvalue weighted by Crippen LogP contribution is -2.37. The van der Waals surface area contributed by atoms with Gasteiger partial charge in [-0.1, -0.05) is 11.6 Å². The highest BCUT2D eigenvalue weighted by atomic mass is 35.5. The average Bonchev–Trinajstić information content (AvgIpc) is 2.29. The lowest BCUT2D eigenvalue weighted by Gasteiger charge is -2.26. The second kappa shape index (κ2) is 6.09. The van der Waals surface area contributed by atoms with Gasteiger partial charge in [-0.15, -0.1) is 0 Å². The fourth-order valence-electron chi connectivity index (χ4n) is 1.43. The number of anilines is 1. The first-order valence-electron chi connectivity index (χ1n) is 6.05. The number of carboxylic acid groups (broad SMARTS) is 1. The van der Waals surface area contributed by atoms with E-state index in [4.69, 9.17) is 21.4 Å². The van der Waals surface area contributed by atoms with Gasteiger partial charge in [0.2, 0.25) is 0 Å². The predicted octanol–water partition coefficient (Wildman–Crippen LogP) is 3.19. The maximum atomic E-state index is 12.1. The molecule has 0 aliphatic heterocycles. The van der Waals surface area contributed by atoms with Gasteiger partial charge in [0.25, 0.3) is 0 Å². The number of carbonyl (C=O) groups excluding carboxylic acids is 1. The normalized spacial score (nSPS) is 11.1. The monoisotopic (exact) mass is 300 g/mol. The zero-order chi connectivity index (χ0) is 15.5. The Kier molecular flexibility index (Phi) is 4.94. The average molecular weight is 301 g/mol. The van der Waals surface area contributed by atoms with E-state index in [1.165, 1.54) is 11.0 Å². The Hall–Kier alpha value is -1.82. The van der Waals surface area contributed by atoms with Gasteiger partial charge < -0.3 is 9.84 Å². The standard InChI is InChI=1S/C13H17ClN2O4/c1-5-16(12(19)20-13(2,3)4)10-9(14)6-8(7-15-10)11(17)18/h6-7H,5H2,1-4H3,(H,17,18). The molecule has 0 radical (unpaired) electrons. The summed E-state index contributed by atoms with van der Waals surface area (Å²) in [6, 6.07) is 1.25. The van der Waals surface area contributed by atoms with E-state index in [1.807, 2.05) is 0 Å². The van der Waals surface area contributed by atoms with E-state index < -0.39 is 17.7 Å². The molecule has 0 fully saturated rings. The minimum atomic E-state index is -1.13. The molecule has 0 atom stereocenters. The number of ether oxygens (including phenoxy) is 1. The zero-order valence-corrected chi connectivity index (χ0v) is 12.6. The van der Waals surface area contributed by atoms with Gasteiger partial charge in [-0.05, 0) is 33.8 Å². The van der Waals surface area contributed by atoms with Crippen LogP contribution in [-0.4, -0.2) is 34.3 Å². The Labute approximate surface area is 122 Å². The Morgan fingerprint density at radius 3 is 2.45 bits per heavy atom. The number of carboxylic acids is 1. The van der Waals surface area contributed by atoms with E-state index in [0.717, 1.165) is 6.20 Å². The summed E-state index contributed by atoms with van der Waals surface area (Å²) in [5.41, 5.74) is -0.683. The minimum Gasteiger partial charge on any atom is -0.478 e. The lowest BCUT2D eigenvalue weighted by molar-refractivity contribution is 0.0580. The van der Waals surface area contributed by atoms with Gasteiger partial charge in [0.15, 0.2) is 5.82 Å². The summed E-state index contributed by atoms with van der Waals surface area (Å²) in [4.78, 5) is 28.1. The first kappa shape index (κ1) is 16.2. The molecule has 20 heavy (non-hydrogen) atoms. The highest BCUT2D eigenvalue weighted by molar-refractivity contribution is 6.33. The molecule has 0 saturated heterocycles. The molecule has 110 valence electrons. The van der Waals surface area contributed by atoms with Crippen LogP contribution in [0.25, 0.3) is 0 Å². The summed E-state index contributed by atoms with van der Waals surface area (Å²) in [6.07, 6.45) is 0.564. The minimum absolute atomic E-state index is 0.0426. The third kappa shape index (κ3) is 4.09. The fourth-order valence-corrected chi connectivity index (χ4v) is 1.70. The molecular weight excluding hydrogens is 284 g/mol. The van der Waals surface area contributed by atoms with Gasteiger partial charge in [0.05, 0.1) is 10.6 Å². The van der Waals surface area contributed by atoms with Gasteiger partial charge in [0.1, 0.15) is 5.60 Å². The predicted molar refractivity (Wildman–Crippen MR) is 75.5 cm³/mol. The van der Waals surface area contributed by atoms with Crippen molar-refractivity contribution in [1.82, 2.24) is 4.98 Å². The first-order chi connectivity index (χ1) is 9.15. The van der Waals surface area contributed by atoms with Gasteiger partial charge in [-0.3, -0.25) is 4.90 Å². The number of amides is 1. The van der Waals surface area contributed by atoms with Gasteiger partial charge in [-0.25, -0.2) is 14.6 Å². The molecular formula is C13H17ClN2O4. The van der Waals surface area contributed by atoms with Crippen molar-refractivity contribution in [3.63, 3.8) is 0 Å². The van der Waals surface area contributed by atoms with E-state index in [0.29, 0.717) is 6.54 Å². The van der Waals surface area contributed by atoms with E-state index in [1.54, 1.807) is 27.7 Å². The molecule has 1 N–H and O–H groups in total. The van der Waals surface area contributed by atoms with Crippen molar-refractivity contribution in [3.05, 3.63) is 22.8 Å². The van der Waals surface area contributed by atoms with Crippen molar-refractivity contribution >= 4 is 29.5 Å². The zero-order valence-electron chi connectivity index (χ0n) is 11.8. The number of halogens is 1. The maximum absolute atomic E-state index is 12.1. The van der Waals surface area contributed by atoms with Crippen molar-refractivity contribution in [1.29, 1.82) is 0 Å². The number of hydrogen-bond acceptors (Lipinski definition) is 4. The number of rotatable bonds is 3. The molecule has 1 aromatic heterocycles. The van der Waals surface area contributed by atoms with E-state index in [9.17, 15) is 9.59 Å². The summed E-state index contributed by atoms with van der Waals surface area (Å²) in [6.45, 7) is 7.30. The summed E-state index contributed by atoms with van der Waals surface area (Å²) < 4.78 is 5.25. The highest BCUT2D eigenvalue weighted by Crippen LogP contribution is 2.25. The van der Waals surface area contributed by atoms with Crippen LogP contribution in [0.5, 0.6) is 0 Å². The van der Waals surface area contributed by atoms with Crippen LogP contribution < -0.4 is 4.90 Å². The Bertz CT molecular complexity index is 526. The van der Waals surface area contributed by atoms with Crippen LogP contribution in [0.2, 0.25) is 5.02 Å². The maximum Gasteiger partial charge on any atom is 0.416 e. The van der Waals surface area contributed by atoms with Gasteiger partial charge in [0, 0.05) is 12.7 Å². The molecule has 0 aromatic carbocycles. The second-order valence-corrected chi connectivity index (χ2v) is 5.47. The Morgan fingerprint density at radius 2 is 2.05 bits per heavy atom. The van der Waals surface area contributed by atoms with Gasteiger partial charge >= 0.3 is 12.1 Å². The van der Waals surface area contributed by atoms with Crippen molar-refractivity contribution in [2.24, 2.45) is 0 Å². The number of aromatic nitrogens is 1. The number of carbonyl (C=O) groups is 2. The lowest BCUT2D eigenvalue weighted by atomic mass is 10.2. The van der Waals surface area contributed by atoms with Crippen LogP contribution in [0.4, 0.5) is 10.6 Å². The number of aromatic carboxylic acids is 1. The quantitative estimate of drug-likeness (QED) is 0.927. The van der Waals surface area contributed by atoms with Gasteiger partial charge in [-0.2, -0.15) is 0 Å². The second-order valence-electron chi connectivity index (χ2n) is 5.06. The van der Waals surface area contributed by atoms with Crippen molar-refractivity contribution in [3.8, 4) is 0 Å². The van der Waals surface area contributed by atoms with Crippen LogP contribution in [0.1, 0.15) is 38.1 Å². The third-order valence-electron chi connectivity index (χ3n) is 2.25. The van der Waals surface area contributed by atoms with Crippen LogP contribution >= 0.6 is 11.6 Å². The number of hydrogen-bond donors (Lipinski definition) is 1. The summed E-state index contributed by atoms with van der Waals surface area (Å²) in [5.74, 6) is -0.959. The van der Waals surface area contributed by atoms with Crippen LogP contribution in [0.15, 0.2) is 12.3 Å². The number of nitrogens with zero attached hydrogens (tertiary/aromatic N) is 2. The summed E-state index contributed by atoms with van der Waals surface area (Å²) in [5, 5.41) is 8.94. The summed E-state index contributed by atoms with van der Waals surface area (Å²) >= 11 is 5.99. The topological polar surface area (TPSA) is 79.7 Å². The molecule has 6 nitrogen and oxygen atoms in total. The molecule has 0 aliphatic carbocycles.